The van der Waals surface area contributed by atoms with Crippen LogP contribution in [-0.4, -0.2) is 53.2 Å². The highest BCUT2D eigenvalue weighted by atomic mass is 127. The standard InChI is InChI=1S/C18H26N6O2S.HI/c1-2-17-23-21-14-24(17)10-9-19-18(20-12-15-6-4-3-5-7-15)22-16-8-11-27(25,26)13-16;/h3-7,14,16H,2,8-13H2,1H3,(H2,19,20,22);1H. The fourth-order valence-electron chi connectivity index (χ4n) is 3.04. The largest absolute Gasteiger partial charge is 0.355 e. The van der Waals surface area contributed by atoms with E-state index in [1.165, 1.54) is 0 Å². The third-order valence-corrected chi connectivity index (χ3v) is 6.26. The van der Waals surface area contributed by atoms with Gasteiger partial charge in [0.05, 0.1) is 18.1 Å². The number of rotatable bonds is 7. The minimum Gasteiger partial charge on any atom is -0.355 e. The van der Waals surface area contributed by atoms with E-state index in [4.69, 9.17) is 0 Å². The number of benzene rings is 1. The van der Waals surface area contributed by atoms with Gasteiger partial charge in [-0.1, -0.05) is 37.3 Å². The van der Waals surface area contributed by atoms with Crippen LogP contribution in [0.4, 0.5) is 0 Å². The summed E-state index contributed by atoms with van der Waals surface area (Å²) < 4.78 is 25.5. The molecule has 1 aromatic carbocycles. The molecule has 28 heavy (non-hydrogen) atoms. The maximum atomic E-state index is 11.7. The lowest BCUT2D eigenvalue weighted by Crippen LogP contribution is -2.45. The van der Waals surface area contributed by atoms with E-state index < -0.39 is 9.84 Å². The lowest BCUT2D eigenvalue weighted by molar-refractivity contribution is 0.597. The Morgan fingerprint density at radius 1 is 1.32 bits per heavy atom. The molecule has 0 aliphatic carbocycles. The van der Waals surface area contributed by atoms with Gasteiger partial charge >= 0.3 is 0 Å². The van der Waals surface area contributed by atoms with Gasteiger partial charge in [-0.15, -0.1) is 34.2 Å². The highest BCUT2D eigenvalue weighted by Crippen LogP contribution is 2.11. The van der Waals surface area contributed by atoms with Crippen LogP contribution in [0.5, 0.6) is 0 Å². The number of sulfone groups is 1. The summed E-state index contributed by atoms with van der Waals surface area (Å²) in [5.41, 5.74) is 1.10. The Bertz CT molecular complexity index is 869. The van der Waals surface area contributed by atoms with Crippen molar-refractivity contribution in [1.29, 1.82) is 0 Å². The Morgan fingerprint density at radius 3 is 2.79 bits per heavy atom. The molecular weight excluding hydrogens is 491 g/mol. The van der Waals surface area contributed by atoms with Crippen LogP contribution >= 0.6 is 24.0 Å². The highest BCUT2D eigenvalue weighted by Gasteiger charge is 2.28. The topological polar surface area (TPSA) is 101 Å². The summed E-state index contributed by atoms with van der Waals surface area (Å²) in [7, 11) is -2.94. The number of halogens is 1. The second-order valence-electron chi connectivity index (χ2n) is 6.62. The van der Waals surface area contributed by atoms with Gasteiger partial charge in [-0.3, -0.25) is 0 Å². The first-order chi connectivity index (χ1) is 13.1. The van der Waals surface area contributed by atoms with Gasteiger partial charge in [-0.05, 0) is 12.0 Å². The van der Waals surface area contributed by atoms with Crippen LogP contribution in [0.2, 0.25) is 0 Å². The van der Waals surface area contributed by atoms with Crippen molar-refractivity contribution in [3.63, 3.8) is 0 Å². The normalized spacial score (nSPS) is 18.5. The van der Waals surface area contributed by atoms with E-state index in [1.807, 2.05) is 41.8 Å². The molecule has 0 saturated carbocycles. The molecule has 1 saturated heterocycles. The molecule has 1 atom stereocenters. The fourth-order valence-corrected chi connectivity index (χ4v) is 4.72. The summed E-state index contributed by atoms with van der Waals surface area (Å²) in [4.78, 5) is 4.63. The van der Waals surface area contributed by atoms with Crippen molar-refractivity contribution in [3.8, 4) is 0 Å². The van der Waals surface area contributed by atoms with Crippen LogP contribution in [0, 0.1) is 0 Å². The summed E-state index contributed by atoms with van der Waals surface area (Å²) in [6.07, 6.45) is 3.16. The minimum absolute atomic E-state index is 0. The number of nitrogens with zero attached hydrogens (tertiary/aromatic N) is 4. The summed E-state index contributed by atoms with van der Waals surface area (Å²) in [5, 5.41) is 14.6. The molecule has 1 aromatic heterocycles. The predicted molar refractivity (Wildman–Crippen MR) is 121 cm³/mol. The van der Waals surface area contributed by atoms with Gasteiger partial charge in [0.25, 0.3) is 0 Å². The zero-order chi connectivity index (χ0) is 19.1. The molecule has 154 valence electrons. The van der Waals surface area contributed by atoms with E-state index in [0.717, 1.165) is 17.8 Å². The molecule has 3 rings (SSSR count). The summed E-state index contributed by atoms with van der Waals surface area (Å²) >= 11 is 0. The third-order valence-electron chi connectivity index (χ3n) is 4.49. The van der Waals surface area contributed by atoms with Crippen LogP contribution in [0.1, 0.15) is 24.7 Å². The summed E-state index contributed by atoms with van der Waals surface area (Å²) in [6, 6.07) is 9.87. The van der Waals surface area contributed by atoms with E-state index >= 15 is 0 Å². The van der Waals surface area contributed by atoms with Crippen molar-refractivity contribution >= 4 is 39.8 Å². The van der Waals surface area contributed by atoms with Crippen LogP contribution in [0.3, 0.4) is 0 Å². The van der Waals surface area contributed by atoms with E-state index in [2.05, 4.69) is 25.8 Å². The Labute approximate surface area is 183 Å². The lowest BCUT2D eigenvalue weighted by Gasteiger charge is -2.17. The van der Waals surface area contributed by atoms with Crippen molar-refractivity contribution in [2.75, 3.05) is 18.1 Å². The molecule has 8 nitrogen and oxygen atoms in total. The Hall–Kier alpha value is -1.69. The van der Waals surface area contributed by atoms with Crippen LogP contribution in [0.25, 0.3) is 0 Å². The molecule has 10 heteroatoms. The molecule has 1 unspecified atom stereocenters. The number of aromatic nitrogens is 3. The quantitative estimate of drug-likeness (QED) is 0.327. The Morgan fingerprint density at radius 2 is 2.11 bits per heavy atom. The van der Waals surface area contributed by atoms with Crippen molar-refractivity contribution < 1.29 is 8.42 Å². The minimum atomic E-state index is -2.94. The van der Waals surface area contributed by atoms with Gasteiger partial charge in [0.15, 0.2) is 15.8 Å². The fraction of sp³-hybridized carbons (Fsp3) is 0.500. The molecule has 0 radical (unpaired) electrons. The number of hydrogen-bond acceptors (Lipinski definition) is 5. The Balaban J connectivity index is 0.00000280. The highest BCUT2D eigenvalue weighted by molar-refractivity contribution is 14.0. The number of hydrogen-bond donors (Lipinski definition) is 2. The SMILES string of the molecule is CCc1nncn1CCNC(=NCc1ccccc1)NC1CCS(=O)(=O)C1.I. The molecule has 1 fully saturated rings. The van der Waals surface area contributed by atoms with E-state index in [-0.39, 0.29) is 41.5 Å². The van der Waals surface area contributed by atoms with Crippen molar-refractivity contribution in [2.45, 2.75) is 38.9 Å². The van der Waals surface area contributed by atoms with Crippen LogP contribution in [-0.2, 0) is 29.3 Å². The third kappa shape index (κ3) is 6.73. The van der Waals surface area contributed by atoms with Gasteiger partial charge in [0.1, 0.15) is 12.2 Å². The summed E-state index contributed by atoms with van der Waals surface area (Å²) in [5.74, 6) is 1.96. The van der Waals surface area contributed by atoms with E-state index in [9.17, 15) is 8.42 Å². The second-order valence-corrected chi connectivity index (χ2v) is 8.84. The molecule has 1 aliphatic heterocycles. The molecule has 2 aromatic rings. The van der Waals surface area contributed by atoms with Gasteiger partial charge < -0.3 is 15.2 Å². The van der Waals surface area contributed by atoms with Crippen molar-refractivity contribution in [1.82, 2.24) is 25.4 Å². The maximum absolute atomic E-state index is 11.7. The monoisotopic (exact) mass is 518 g/mol. The van der Waals surface area contributed by atoms with Gasteiger partial charge in [-0.25, -0.2) is 13.4 Å². The maximum Gasteiger partial charge on any atom is 0.191 e. The first kappa shape index (κ1) is 22.6. The number of nitrogens with one attached hydrogen (secondary N) is 2. The number of aliphatic imine (C=N–C) groups is 1. The lowest BCUT2D eigenvalue weighted by atomic mass is 10.2. The van der Waals surface area contributed by atoms with Crippen LogP contribution in [0.15, 0.2) is 41.7 Å². The first-order valence-corrected chi connectivity index (χ1v) is 11.0. The molecule has 1 aliphatic rings. The average Bonchev–Trinajstić information content (AvgIpc) is 3.25. The smallest absolute Gasteiger partial charge is 0.191 e. The zero-order valence-electron chi connectivity index (χ0n) is 15.9. The Kier molecular flexibility index (Phi) is 8.67. The first-order valence-electron chi connectivity index (χ1n) is 9.21. The predicted octanol–water partition coefficient (Wildman–Crippen LogP) is 1.38. The second kappa shape index (κ2) is 10.7. The molecule has 0 amide bonds. The number of guanidine groups is 1. The molecule has 2 N–H and O–H groups in total. The molecular formula is C18H27IN6O2S. The summed E-state index contributed by atoms with van der Waals surface area (Å²) in [6.45, 7) is 3.93. The zero-order valence-corrected chi connectivity index (χ0v) is 19.1. The van der Waals surface area contributed by atoms with Crippen molar-refractivity contribution in [2.24, 2.45) is 4.99 Å². The van der Waals surface area contributed by atoms with E-state index in [0.29, 0.717) is 32.0 Å². The van der Waals surface area contributed by atoms with E-state index in [1.54, 1.807) is 6.33 Å². The number of aryl methyl sites for hydroxylation is 1. The average molecular weight is 518 g/mol. The van der Waals surface area contributed by atoms with Crippen molar-refractivity contribution in [3.05, 3.63) is 48.0 Å². The van der Waals surface area contributed by atoms with Gasteiger partial charge in [0, 0.05) is 25.6 Å². The molecule has 0 bridgehead atoms. The van der Waals surface area contributed by atoms with Crippen LogP contribution < -0.4 is 10.6 Å². The van der Waals surface area contributed by atoms with Gasteiger partial charge in [0.2, 0.25) is 0 Å². The molecule has 0 spiro atoms. The molecule has 2 heterocycles. The van der Waals surface area contributed by atoms with Gasteiger partial charge in [-0.2, -0.15) is 0 Å².